The number of carbonyl (C=O) groups excluding carboxylic acids is 2. The maximum absolute atomic E-state index is 13.4. The molecule has 3 heterocycles. The van der Waals surface area contributed by atoms with Crippen LogP contribution in [0.5, 0.6) is 0 Å². The molecule has 8 heteroatoms. The molecule has 184 valence electrons. The van der Waals surface area contributed by atoms with Crippen molar-refractivity contribution in [1.82, 2.24) is 0 Å². The summed E-state index contributed by atoms with van der Waals surface area (Å²) in [5, 5.41) is 2.93. The van der Waals surface area contributed by atoms with Gasteiger partial charge in [-0.25, -0.2) is 0 Å². The van der Waals surface area contributed by atoms with Gasteiger partial charge in [0.15, 0.2) is 29.8 Å². The molecule has 2 spiro atoms. The van der Waals surface area contributed by atoms with Gasteiger partial charge in [-0.3, -0.25) is 9.59 Å². The van der Waals surface area contributed by atoms with Crippen molar-refractivity contribution in [3.63, 3.8) is 0 Å². The van der Waals surface area contributed by atoms with Gasteiger partial charge in [0.05, 0.1) is 0 Å². The quantitative estimate of drug-likeness (QED) is 0.664. The Hall–Kier alpha value is -1.84. The maximum Gasteiger partial charge on any atom is 0.256 e. The molecule has 1 aromatic carbocycles. The van der Waals surface area contributed by atoms with Gasteiger partial charge in [-0.15, -0.1) is 0 Å². The zero-order valence-corrected chi connectivity index (χ0v) is 19.6. The van der Waals surface area contributed by atoms with Gasteiger partial charge in [0.25, 0.3) is 5.91 Å². The number of rotatable bonds is 3. The molecule has 0 aromatic heterocycles. The molecule has 1 N–H and O–H groups in total. The summed E-state index contributed by atoms with van der Waals surface area (Å²) in [4.78, 5) is 25.0. The fraction of sp³-hybridized carbons (Fsp3) is 0.692. The second-order valence-electron chi connectivity index (χ2n) is 10.4. The molecule has 8 nitrogen and oxygen atoms in total. The van der Waals surface area contributed by atoms with Crippen LogP contribution in [0.3, 0.4) is 0 Å². The van der Waals surface area contributed by atoms with Crippen molar-refractivity contribution < 1.29 is 33.3 Å². The number of benzene rings is 1. The number of amides is 1. The molecule has 0 radical (unpaired) electrons. The van der Waals surface area contributed by atoms with Crippen LogP contribution >= 0.6 is 0 Å². The van der Waals surface area contributed by atoms with E-state index in [4.69, 9.17) is 23.7 Å². The van der Waals surface area contributed by atoms with Crippen molar-refractivity contribution in [1.29, 1.82) is 0 Å². The minimum absolute atomic E-state index is 0.0216. The van der Waals surface area contributed by atoms with Gasteiger partial charge in [-0.1, -0.05) is 12.8 Å². The van der Waals surface area contributed by atoms with Gasteiger partial charge in [0.2, 0.25) is 0 Å². The molecular weight excluding hydrogens is 438 g/mol. The van der Waals surface area contributed by atoms with Gasteiger partial charge >= 0.3 is 0 Å². The van der Waals surface area contributed by atoms with E-state index in [0.717, 1.165) is 57.8 Å². The number of hydrogen-bond donors (Lipinski definition) is 1. The molecular formula is C26H33NO7. The van der Waals surface area contributed by atoms with Gasteiger partial charge in [-0.2, -0.15) is 0 Å². The number of fused-ring (bicyclic) bond motifs is 3. The van der Waals surface area contributed by atoms with Crippen LogP contribution in [-0.2, 0) is 28.5 Å². The highest BCUT2D eigenvalue weighted by atomic mass is 16.9. The molecule has 34 heavy (non-hydrogen) atoms. The second-order valence-corrected chi connectivity index (χ2v) is 10.4. The smallest absolute Gasteiger partial charge is 0.256 e. The Kier molecular flexibility index (Phi) is 5.77. The first-order chi connectivity index (χ1) is 16.5. The molecule has 1 aromatic rings. The van der Waals surface area contributed by atoms with E-state index in [2.05, 4.69) is 5.32 Å². The fourth-order valence-electron chi connectivity index (χ4n) is 6.17. The average Bonchev–Trinajstić information content (AvgIpc) is 3.37. The molecule has 6 rings (SSSR count). The Morgan fingerprint density at radius 3 is 1.94 bits per heavy atom. The molecule has 2 saturated carbocycles. The molecule has 5 aliphatic rings. The van der Waals surface area contributed by atoms with Gasteiger partial charge in [-0.05, 0) is 56.9 Å². The van der Waals surface area contributed by atoms with Crippen molar-refractivity contribution >= 4 is 17.4 Å². The number of hydrogen-bond acceptors (Lipinski definition) is 7. The van der Waals surface area contributed by atoms with Crippen LogP contribution in [0.25, 0.3) is 0 Å². The van der Waals surface area contributed by atoms with Crippen molar-refractivity contribution in [2.24, 2.45) is 0 Å². The predicted molar refractivity (Wildman–Crippen MR) is 121 cm³/mol. The highest BCUT2D eigenvalue weighted by Gasteiger charge is 2.65. The number of Topliss-reactive ketones (excluding diaryl/α,β-unsaturated/α-hetero) is 1. The van der Waals surface area contributed by atoms with E-state index in [1.54, 1.807) is 24.3 Å². The maximum atomic E-state index is 13.4. The minimum atomic E-state index is -0.887. The summed E-state index contributed by atoms with van der Waals surface area (Å²) in [7, 11) is 0. The van der Waals surface area contributed by atoms with Crippen LogP contribution in [-0.4, -0.2) is 54.0 Å². The molecule has 3 saturated heterocycles. The van der Waals surface area contributed by atoms with E-state index >= 15 is 0 Å². The van der Waals surface area contributed by atoms with E-state index < -0.39 is 42.3 Å². The Labute approximate surface area is 199 Å². The van der Waals surface area contributed by atoms with Crippen molar-refractivity contribution in [2.75, 3.05) is 5.32 Å². The van der Waals surface area contributed by atoms with Crippen LogP contribution in [0, 0.1) is 0 Å². The van der Waals surface area contributed by atoms with Gasteiger partial charge < -0.3 is 29.0 Å². The molecule has 2 aliphatic carbocycles. The average molecular weight is 472 g/mol. The number of carbonyl (C=O) groups is 2. The van der Waals surface area contributed by atoms with Gasteiger partial charge in [0.1, 0.15) is 18.3 Å². The highest BCUT2D eigenvalue weighted by molar-refractivity contribution is 5.97. The summed E-state index contributed by atoms with van der Waals surface area (Å²) in [5.41, 5.74) is 1.19. The van der Waals surface area contributed by atoms with Crippen molar-refractivity contribution in [3.05, 3.63) is 29.8 Å². The first kappa shape index (κ1) is 22.6. The third kappa shape index (κ3) is 3.99. The Morgan fingerprint density at radius 2 is 1.32 bits per heavy atom. The lowest BCUT2D eigenvalue weighted by Crippen LogP contribution is -2.58. The van der Waals surface area contributed by atoms with Crippen LogP contribution in [0.15, 0.2) is 24.3 Å². The highest BCUT2D eigenvalue weighted by Crippen LogP contribution is 2.51. The van der Waals surface area contributed by atoms with Crippen LogP contribution in [0.1, 0.15) is 81.5 Å². The Bertz CT molecular complexity index is 935. The predicted octanol–water partition coefficient (Wildman–Crippen LogP) is 4.07. The molecule has 5 fully saturated rings. The molecule has 0 bridgehead atoms. The van der Waals surface area contributed by atoms with E-state index in [1.165, 1.54) is 13.3 Å². The summed E-state index contributed by atoms with van der Waals surface area (Å²) in [6.45, 7) is 1.52. The molecule has 1 unspecified atom stereocenters. The topological polar surface area (TPSA) is 92.3 Å². The number of anilines is 1. The lowest BCUT2D eigenvalue weighted by molar-refractivity contribution is -0.246. The summed E-state index contributed by atoms with van der Waals surface area (Å²) in [6.07, 6.45) is 6.82. The summed E-state index contributed by atoms with van der Waals surface area (Å²) in [5.74, 6) is -1.67. The number of ether oxygens (including phenoxy) is 5. The van der Waals surface area contributed by atoms with E-state index in [0.29, 0.717) is 11.3 Å². The Balaban J connectivity index is 1.25. The van der Waals surface area contributed by atoms with E-state index in [-0.39, 0.29) is 11.7 Å². The van der Waals surface area contributed by atoms with E-state index in [9.17, 15) is 9.59 Å². The first-order valence-corrected chi connectivity index (χ1v) is 12.7. The molecule has 5 atom stereocenters. The van der Waals surface area contributed by atoms with Gasteiger partial charge in [0, 0.05) is 36.9 Å². The normalized spacial score (nSPS) is 35.6. The zero-order chi connectivity index (χ0) is 23.3. The third-order valence-corrected chi connectivity index (χ3v) is 7.93. The number of nitrogens with one attached hydrogen (secondary N) is 1. The largest absolute Gasteiger partial charge is 0.341 e. The lowest BCUT2D eigenvalue weighted by Gasteiger charge is -2.36. The van der Waals surface area contributed by atoms with Crippen LogP contribution < -0.4 is 5.32 Å². The summed E-state index contributed by atoms with van der Waals surface area (Å²) >= 11 is 0. The fourth-order valence-corrected chi connectivity index (χ4v) is 6.17. The van der Waals surface area contributed by atoms with Crippen molar-refractivity contribution in [2.45, 2.75) is 113 Å². The Morgan fingerprint density at radius 1 is 0.765 bits per heavy atom. The summed E-state index contributed by atoms with van der Waals surface area (Å²) < 4.78 is 32.2. The third-order valence-electron chi connectivity index (χ3n) is 7.93. The monoisotopic (exact) mass is 471 g/mol. The first-order valence-electron chi connectivity index (χ1n) is 12.7. The number of ketones is 1. The summed E-state index contributed by atoms with van der Waals surface area (Å²) in [6, 6.07) is 6.84. The SMILES string of the molecule is CC(=O)c1ccc(NC(=O)C2O[C@@H]3OC4(CCCCC4)O[C@@H]3[C@H]3OC4(CCCCC4)O[C@@H]23)cc1. The second kappa shape index (κ2) is 8.68. The zero-order valence-electron chi connectivity index (χ0n) is 19.6. The minimum Gasteiger partial charge on any atom is -0.341 e. The lowest BCUT2D eigenvalue weighted by atomic mass is 9.94. The van der Waals surface area contributed by atoms with Crippen LogP contribution in [0.4, 0.5) is 5.69 Å². The van der Waals surface area contributed by atoms with E-state index in [1.807, 2.05) is 0 Å². The van der Waals surface area contributed by atoms with Crippen LogP contribution in [0.2, 0.25) is 0 Å². The molecule has 1 amide bonds. The molecule has 3 aliphatic heterocycles. The van der Waals surface area contributed by atoms with Crippen molar-refractivity contribution in [3.8, 4) is 0 Å². The standard InChI is InChI=1S/C26H33NO7/c1-16(28)17-8-10-18(11-9-17)27-23(29)21-19-20(32-25(31-19)12-4-2-5-13-25)22-24(30-21)34-26(33-22)14-6-3-7-15-26/h8-11,19-22,24H,2-7,12-15H2,1H3,(H,27,29)/t19-,20+,21?,22-,24-/m1/s1.